The third kappa shape index (κ3) is 2.66. The molecule has 18 heavy (non-hydrogen) atoms. The van der Waals surface area contributed by atoms with Crippen molar-refractivity contribution in [2.75, 3.05) is 19.8 Å². The fraction of sp³-hybridized carbons (Fsp3) is 0.500. The zero-order valence-corrected chi connectivity index (χ0v) is 10.4. The van der Waals surface area contributed by atoms with Crippen LogP contribution in [-0.2, 0) is 6.54 Å². The van der Waals surface area contributed by atoms with Gasteiger partial charge in [-0.3, -0.25) is 0 Å². The Morgan fingerprint density at radius 2 is 2.22 bits per heavy atom. The lowest BCUT2D eigenvalue weighted by Crippen LogP contribution is -2.38. The van der Waals surface area contributed by atoms with Gasteiger partial charge in [-0.05, 0) is 18.6 Å². The normalized spacial score (nSPS) is 13.1. The molecule has 2 aromatic rings. The molecule has 0 aliphatic heterocycles. The standard InChI is InChI=1S/C12H18N4O2/c1-9-3-2-4-11-12(9)14-15-16(11)7-10(8-18)13-5-6-17/h2-4,10,13,17-18H,5-8H2,1H3. The predicted molar refractivity (Wildman–Crippen MR) is 68.2 cm³/mol. The number of aromatic nitrogens is 3. The number of hydrogen-bond acceptors (Lipinski definition) is 5. The third-order valence-electron chi connectivity index (χ3n) is 2.91. The number of rotatable bonds is 6. The van der Waals surface area contributed by atoms with Gasteiger partial charge >= 0.3 is 0 Å². The highest BCUT2D eigenvalue weighted by molar-refractivity contribution is 5.77. The van der Waals surface area contributed by atoms with Crippen LogP contribution in [0.2, 0.25) is 0 Å². The van der Waals surface area contributed by atoms with E-state index in [0.717, 1.165) is 16.6 Å². The van der Waals surface area contributed by atoms with Crippen LogP contribution in [0.25, 0.3) is 11.0 Å². The minimum Gasteiger partial charge on any atom is -0.395 e. The Morgan fingerprint density at radius 3 is 2.94 bits per heavy atom. The minimum atomic E-state index is -0.137. The van der Waals surface area contributed by atoms with Crippen molar-refractivity contribution in [2.45, 2.75) is 19.5 Å². The SMILES string of the molecule is Cc1cccc2c1nnn2CC(CO)NCCO. The summed E-state index contributed by atoms with van der Waals surface area (Å²) in [6.07, 6.45) is 0. The first-order valence-electron chi connectivity index (χ1n) is 6.00. The fourth-order valence-electron chi connectivity index (χ4n) is 1.93. The van der Waals surface area contributed by atoms with Gasteiger partial charge in [0.2, 0.25) is 0 Å². The Kier molecular flexibility index (Phi) is 4.24. The number of fused-ring (bicyclic) bond motifs is 1. The smallest absolute Gasteiger partial charge is 0.116 e. The second-order valence-electron chi connectivity index (χ2n) is 4.27. The van der Waals surface area contributed by atoms with Crippen molar-refractivity contribution in [1.29, 1.82) is 0 Å². The summed E-state index contributed by atoms with van der Waals surface area (Å²) in [5, 5.41) is 29.3. The molecule has 0 bridgehead atoms. The molecule has 0 saturated heterocycles. The number of aliphatic hydroxyl groups excluding tert-OH is 2. The lowest BCUT2D eigenvalue weighted by molar-refractivity contribution is 0.211. The van der Waals surface area contributed by atoms with Crippen molar-refractivity contribution >= 4 is 11.0 Å². The average molecular weight is 250 g/mol. The maximum Gasteiger partial charge on any atom is 0.116 e. The van der Waals surface area contributed by atoms with E-state index >= 15 is 0 Å². The van der Waals surface area contributed by atoms with E-state index in [0.29, 0.717) is 13.1 Å². The van der Waals surface area contributed by atoms with Gasteiger partial charge in [0.1, 0.15) is 5.52 Å². The number of hydrogen-bond donors (Lipinski definition) is 3. The van der Waals surface area contributed by atoms with E-state index in [-0.39, 0.29) is 19.3 Å². The summed E-state index contributed by atoms with van der Waals surface area (Å²) in [4.78, 5) is 0. The minimum absolute atomic E-state index is 0.00678. The lowest BCUT2D eigenvalue weighted by Gasteiger charge is -2.15. The summed E-state index contributed by atoms with van der Waals surface area (Å²) < 4.78 is 1.77. The molecule has 1 heterocycles. The quantitative estimate of drug-likeness (QED) is 0.654. The predicted octanol–water partition coefficient (Wildman–Crippen LogP) is -0.317. The highest BCUT2D eigenvalue weighted by Gasteiger charge is 2.11. The van der Waals surface area contributed by atoms with Crippen LogP contribution < -0.4 is 5.32 Å². The monoisotopic (exact) mass is 250 g/mol. The maximum absolute atomic E-state index is 9.27. The van der Waals surface area contributed by atoms with Gasteiger partial charge in [0.25, 0.3) is 0 Å². The highest BCUT2D eigenvalue weighted by atomic mass is 16.3. The van der Waals surface area contributed by atoms with E-state index in [2.05, 4.69) is 15.6 Å². The second-order valence-corrected chi connectivity index (χ2v) is 4.27. The zero-order valence-electron chi connectivity index (χ0n) is 10.4. The summed E-state index contributed by atoms with van der Waals surface area (Å²) in [6, 6.07) is 5.78. The number of nitrogens with zero attached hydrogens (tertiary/aromatic N) is 3. The molecule has 1 atom stereocenters. The highest BCUT2D eigenvalue weighted by Crippen LogP contribution is 2.15. The van der Waals surface area contributed by atoms with Gasteiger partial charge in [-0.15, -0.1) is 5.10 Å². The van der Waals surface area contributed by atoms with E-state index in [1.165, 1.54) is 0 Å². The van der Waals surface area contributed by atoms with Gasteiger partial charge in [0.15, 0.2) is 0 Å². The molecule has 0 aliphatic rings. The van der Waals surface area contributed by atoms with E-state index in [1.54, 1.807) is 4.68 Å². The number of aliphatic hydroxyl groups is 2. The first-order valence-corrected chi connectivity index (χ1v) is 6.00. The topological polar surface area (TPSA) is 83.2 Å². The zero-order chi connectivity index (χ0) is 13.0. The maximum atomic E-state index is 9.27. The van der Waals surface area contributed by atoms with Crippen molar-refractivity contribution in [2.24, 2.45) is 0 Å². The van der Waals surface area contributed by atoms with E-state index < -0.39 is 0 Å². The molecular formula is C12H18N4O2. The Labute approximate surface area is 105 Å². The molecule has 1 aromatic carbocycles. The van der Waals surface area contributed by atoms with Crippen LogP contribution in [0.15, 0.2) is 18.2 Å². The molecule has 0 saturated carbocycles. The van der Waals surface area contributed by atoms with Gasteiger partial charge in [0.05, 0.1) is 25.3 Å². The Bertz CT molecular complexity index is 512. The Balaban J connectivity index is 2.18. The number of aryl methyl sites for hydroxylation is 1. The second kappa shape index (κ2) is 5.90. The molecule has 98 valence electrons. The van der Waals surface area contributed by atoms with Crippen molar-refractivity contribution in [3.63, 3.8) is 0 Å². The molecule has 1 unspecified atom stereocenters. The number of benzene rings is 1. The molecule has 0 fully saturated rings. The first-order chi connectivity index (χ1) is 8.76. The summed E-state index contributed by atoms with van der Waals surface area (Å²) in [7, 11) is 0. The van der Waals surface area contributed by atoms with Crippen LogP contribution in [-0.4, -0.2) is 51.0 Å². The van der Waals surface area contributed by atoms with Crippen LogP contribution >= 0.6 is 0 Å². The van der Waals surface area contributed by atoms with Crippen molar-refractivity contribution < 1.29 is 10.2 Å². The molecule has 3 N–H and O–H groups in total. The Morgan fingerprint density at radius 1 is 1.39 bits per heavy atom. The van der Waals surface area contributed by atoms with Gasteiger partial charge in [0, 0.05) is 12.6 Å². The molecular weight excluding hydrogens is 232 g/mol. The molecule has 0 aliphatic carbocycles. The van der Waals surface area contributed by atoms with Crippen LogP contribution in [0.1, 0.15) is 5.56 Å². The molecule has 6 heteroatoms. The molecule has 1 aromatic heterocycles. The van der Waals surface area contributed by atoms with Gasteiger partial charge < -0.3 is 15.5 Å². The summed E-state index contributed by atoms with van der Waals surface area (Å²) in [5.41, 5.74) is 2.93. The van der Waals surface area contributed by atoms with Crippen LogP contribution in [0.4, 0.5) is 0 Å². The van der Waals surface area contributed by atoms with Crippen molar-refractivity contribution in [3.05, 3.63) is 23.8 Å². The van der Waals surface area contributed by atoms with Gasteiger partial charge in [-0.2, -0.15) is 0 Å². The Hall–Kier alpha value is -1.50. The molecule has 6 nitrogen and oxygen atoms in total. The lowest BCUT2D eigenvalue weighted by atomic mass is 10.2. The molecule has 0 spiro atoms. The van der Waals surface area contributed by atoms with Crippen LogP contribution in [0, 0.1) is 6.92 Å². The summed E-state index contributed by atoms with van der Waals surface area (Å²) in [6.45, 7) is 3.02. The number of nitrogens with one attached hydrogen (secondary N) is 1. The summed E-state index contributed by atoms with van der Waals surface area (Å²) >= 11 is 0. The molecule has 0 amide bonds. The largest absolute Gasteiger partial charge is 0.395 e. The first kappa shape index (κ1) is 12.9. The van der Waals surface area contributed by atoms with Crippen molar-refractivity contribution in [1.82, 2.24) is 20.3 Å². The fourth-order valence-corrected chi connectivity index (χ4v) is 1.93. The van der Waals surface area contributed by atoms with E-state index in [4.69, 9.17) is 5.11 Å². The van der Waals surface area contributed by atoms with Crippen LogP contribution in [0.3, 0.4) is 0 Å². The molecule has 0 radical (unpaired) electrons. The van der Waals surface area contributed by atoms with E-state index in [9.17, 15) is 5.11 Å². The average Bonchev–Trinajstić information content (AvgIpc) is 2.79. The molecule has 2 rings (SSSR count). The van der Waals surface area contributed by atoms with Crippen molar-refractivity contribution in [3.8, 4) is 0 Å². The van der Waals surface area contributed by atoms with Gasteiger partial charge in [-0.1, -0.05) is 17.3 Å². The van der Waals surface area contributed by atoms with Crippen LogP contribution in [0.5, 0.6) is 0 Å². The van der Waals surface area contributed by atoms with E-state index in [1.807, 2.05) is 25.1 Å². The van der Waals surface area contributed by atoms with Gasteiger partial charge in [-0.25, -0.2) is 4.68 Å². The summed E-state index contributed by atoms with van der Waals surface area (Å²) in [5.74, 6) is 0. The third-order valence-corrected chi connectivity index (χ3v) is 2.91.